The number of hydrogen-bond acceptors (Lipinski definition) is 5. The Labute approximate surface area is 208 Å². The van der Waals surface area contributed by atoms with Crippen LogP contribution < -0.4 is 5.32 Å². The molecular formula is C25H27BrN4O2S. The minimum Gasteiger partial charge on any atom is -0.459 e. The number of halogens is 1. The van der Waals surface area contributed by atoms with Crippen LogP contribution in [0.2, 0.25) is 0 Å². The van der Waals surface area contributed by atoms with Crippen molar-refractivity contribution in [3.8, 4) is 11.3 Å². The summed E-state index contributed by atoms with van der Waals surface area (Å²) in [6.07, 6.45) is 2.85. The SMILES string of the molecule is S=C1N[C@@H](c2ccccn2)[C@H](c2ccc(-c3ccc(Br)cc3)o2)N1CCCN1CCOCC1. The van der Waals surface area contributed by atoms with Crippen LogP contribution in [0.1, 0.15) is 30.0 Å². The Morgan fingerprint density at radius 3 is 2.61 bits per heavy atom. The minimum absolute atomic E-state index is 0.0544. The average molecular weight is 527 g/mol. The van der Waals surface area contributed by atoms with Crippen molar-refractivity contribution >= 4 is 33.3 Å². The van der Waals surface area contributed by atoms with Crippen LogP contribution in [0.5, 0.6) is 0 Å². The standard InChI is InChI=1S/C25H27BrN4O2S/c26-19-7-5-18(6-8-19)21-9-10-22(32-21)24-23(20-4-1-2-11-27-20)28-25(33)30(24)13-3-12-29-14-16-31-17-15-29/h1-2,4-11,23-24H,3,12-17H2,(H,28,33)/t23-,24-/m0/s1. The number of hydrogen-bond donors (Lipinski definition) is 1. The molecule has 5 rings (SSSR count). The summed E-state index contributed by atoms with van der Waals surface area (Å²) in [5.41, 5.74) is 2.01. The van der Waals surface area contributed by atoms with Crippen molar-refractivity contribution in [2.45, 2.75) is 18.5 Å². The normalized spacial score (nSPS) is 21.4. The van der Waals surface area contributed by atoms with Crippen LogP contribution in [0.4, 0.5) is 0 Å². The summed E-state index contributed by atoms with van der Waals surface area (Å²) in [4.78, 5) is 9.34. The molecule has 6 nitrogen and oxygen atoms in total. The first-order valence-electron chi connectivity index (χ1n) is 11.3. The fraction of sp³-hybridized carbons (Fsp3) is 0.360. The lowest BCUT2D eigenvalue weighted by Crippen LogP contribution is -2.38. The molecule has 0 spiro atoms. The lowest BCUT2D eigenvalue weighted by molar-refractivity contribution is 0.0365. The highest BCUT2D eigenvalue weighted by atomic mass is 79.9. The van der Waals surface area contributed by atoms with Gasteiger partial charge in [0.25, 0.3) is 0 Å². The first kappa shape index (κ1) is 22.5. The van der Waals surface area contributed by atoms with Gasteiger partial charge in [-0.25, -0.2) is 0 Å². The number of nitrogens with one attached hydrogen (secondary N) is 1. The third-order valence-corrected chi connectivity index (χ3v) is 7.10. The number of morpholine rings is 1. The van der Waals surface area contributed by atoms with Gasteiger partial charge in [-0.15, -0.1) is 0 Å². The molecule has 2 aromatic heterocycles. The van der Waals surface area contributed by atoms with E-state index in [1.807, 2.05) is 42.6 Å². The Hall–Kier alpha value is -2.26. The van der Waals surface area contributed by atoms with Crippen LogP contribution >= 0.6 is 28.1 Å². The first-order valence-corrected chi connectivity index (χ1v) is 12.5. The summed E-state index contributed by atoms with van der Waals surface area (Å²) in [5, 5.41) is 4.26. The molecule has 2 aliphatic rings. The number of nitrogens with zero attached hydrogens (tertiary/aromatic N) is 3. The Morgan fingerprint density at radius 2 is 1.85 bits per heavy atom. The van der Waals surface area contributed by atoms with Crippen molar-refractivity contribution in [1.82, 2.24) is 20.1 Å². The van der Waals surface area contributed by atoms with E-state index in [-0.39, 0.29) is 12.1 Å². The summed E-state index contributed by atoms with van der Waals surface area (Å²) >= 11 is 9.29. The fourth-order valence-corrected chi connectivity index (χ4v) is 5.12. The van der Waals surface area contributed by atoms with E-state index in [2.05, 4.69) is 54.2 Å². The molecule has 3 aromatic rings. The van der Waals surface area contributed by atoms with E-state index in [0.29, 0.717) is 0 Å². The van der Waals surface area contributed by atoms with Crippen molar-refractivity contribution in [3.63, 3.8) is 0 Å². The third-order valence-electron chi connectivity index (χ3n) is 6.22. The van der Waals surface area contributed by atoms with E-state index in [9.17, 15) is 0 Å². The van der Waals surface area contributed by atoms with E-state index < -0.39 is 0 Å². The molecule has 172 valence electrons. The van der Waals surface area contributed by atoms with Crippen LogP contribution in [0.25, 0.3) is 11.3 Å². The van der Waals surface area contributed by atoms with Gasteiger partial charge in [0.15, 0.2) is 5.11 Å². The van der Waals surface area contributed by atoms with E-state index in [1.165, 1.54) is 0 Å². The lowest BCUT2D eigenvalue weighted by Gasteiger charge is -2.29. The Bertz CT molecular complexity index is 1070. The van der Waals surface area contributed by atoms with Crippen LogP contribution in [0.15, 0.2) is 69.7 Å². The summed E-state index contributed by atoms with van der Waals surface area (Å²) in [5.74, 6) is 1.74. The van der Waals surface area contributed by atoms with Gasteiger partial charge in [-0.3, -0.25) is 9.88 Å². The molecule has 2 saturated heterocycles. The second-order valence-electron chi connectivity index (χ2n) is 8.34. The maximum absolute atomic E-state index is 6.41. The summed E-state index contributed by atoms with van der Waals surface area (Å²) in [7, 11) is 0. The molecule has 2 aliphatic heterocycles. The van der Waals surface area contributed by atoms with Gasteiger partial charge in [-0.05, 0) is 55.0 Å². The van der Waals surface area contributed by atoms with Gasteiger partial charge in [-0.1, -0.05) is 34.1 Å². The number of rotatable bonds is 7. The van der Waals surface area contributed by atoms with Gasteiger partial charge in [0.05, 0.1) is 24.9 Å². The monoisotopic (exact) mass is 526 g/mol. The van der Waals surface area contributed by atoms with Gasteiger partial charge < -0.3 is 19.4 Å². The number of aromatic nitrogens is 1. The predicted octanol–water partition coefficient (Wildman–Crippen LogP) is 4.80. The molecule has 0 bridgehead atoms. The highest BCUT2D eigenvalue weighted by Gasteiger charge is 2.41. The van der Waals surface area contributed by atoms with E-state index in [0.717, 1.165) is 78.2 Å². The number of pyridine rings is 1. The quantitative estimate of drug-likeness (QED) is 0.443. The molecule has 0 unspecified atom stereocenters. The van der Waals surface area contributed by atoms with Crippen molar-refractivity contribution in [2.75, 3.05) is 39.4 Å². The molecule has 2 atom stereocenters. The molecule has 1 aromatic carbocycles. The zero-order valence-corrected chi connectivity index (χ0v) is 20.7. The van der Waals surface area contributed by atoms with Crippen LogP contribution in [-0.4, -0.2) is 59.3 Å². The van der Waals surface area contributed by atoms with Gasteiger partial charge in [0, 0.05) is 42.4 Å². The van der Waals surface area contributed by atoms with Crippen molar-refractivity contribution in [2.24, 2.45) is 0 Å². The summed E-state index contributed by atoms with van der Waals surface area (Å²) in [6.45, 7) is 5.52. The first-order chi connectivity index (χ1) is 16.2. The van der Waals surface area contributed by atoms with Gasteiger partial charge in [-0.2, -0.15) is 0 Å². The molecule has 0 radical (unpaired) electrons. The van der Waals surface area contributed by atoms with Crippen LogP contribution in [0, 0.1) is 0 Å². The average Bonchev–Trinajstić information content (AvgIpc) is 3.46. The molecule has 1 N–H and O–H groups in total. The Morgan fingerprint density at radius 1 is 1.03 bits per heavy atom. The summed E-state index contributed by atoms with van der Waals surface area (Å²) < 4.78 is 12.9. The molecule has 33 heavy (non-hydrogen) atoms. The number of ether oxygens (including phenoxy) is 1. The summed E-state index contributed by atoms with van der Waals surface area (Å²) in [6, 6.07) is 18.2. The predicted molar refractivity (Wildman–Crippen MR) is 136 cm³/mol. The van der Waals surface area contributed by atoms with Gasteiger partial charge in [0.2, 0.25) is 0 Å². The van der Waals surface area contributed by atoms with Gasteiger partial charge >= 0.3 is 0 Å². The molecule has 0 aliphatic carbocycles. The second-order valence-corrected chi connectivity index (χ2v) is 9.64. The maximum atomic E-state index is 6.41. The van der Waals surface area contributed by atoms with Crippen molar-refractivity contribution < 1.29 is 9.15 Å². The van der Waals surface area contributed by atoms with Crippen molar-refractivity contribution in [1.29, 1.82) is 0 Å². The van der Waals surface area contributed by atoms with Crippen molar-refractivity contribution in [3.05, 3.63) is 76.7 Å². The Balaban J connectivity index is 1.39. The Kier molecular flexibility index (Phi) is 7.06. The van der Waals surface area contributed by atoms with E-state index >= 15 is 0 Å². The minimum atomic E-state index is -0.0639. The maximum Gasteiger partial charge on any atom is 0.170 e. The molecular weight excluding hydrogens is 500 g/mol. The zero-order valence-electron chi connectivity index (χ0n) is 18.3. The highest BCUT2D eigenvalue weighted by Crippen LogP contribution is 2.40. The molecule has 4 heterocycles. The smallest absolute Gasteiger partial charge is 0.170 e. The number of furan rings is 1. The lowest BCUT2D eigenvalue weighted by atomic mass is 10.0. The number of benzene rings is 1. The molecule has 2 fully saturated rings. The molecule has 0 amide bonds. The zero-order chi connectivity index (χ0) is 22.6. The molecule has 8 heteroatoms. The van der Waals surface area contributed by atoms with Gasteiger partial charge in [0.1, 0.15) is 17.6 Å². The topological polar surface area (TPSA) is 53.8 Å². The largest absolute Gasteiger partial charge is 0.459 e. The third kappa shape index (κ3) is 5.14. The molecule has 0 saturated carbocycles. The second kappa shape index (κ2) is 10.3. The van der Waals surface area contributed by atoms with E-state index in [4.69, 9.17) is 21.4 Å². The van der Waals surface area contributed by atoms with E-state index in [1.54, 1.807) is 0 Å². The fourth-order valence-electron chi connectivity index (χ4n) is 4.53. The van der Waals surface area contributed by atoms with Crippen LogP contribution in [0.3, 0.4) is 0 Å². The van der Waals surface area contributed by atoms with Crippen LogP contribution in [-0.2, 0) is 4.74 Å². The highest BCUT2D eigenvalue weighted by molar-refractivity contribution is 9.10. The number of thiocarbonyl (C=S) groups is 1.